The van der Waals surface area contributed by atoms with Crippen LogP contribution in [0.15, 0.2) is 48.5 Å². The van der Waals surface area contributed by atoms with Crippen LogP contribution in [0.5, 0.6) is 0 Å². The van der Waals surface area contributed by atoms with Crippen LogP contribution < -0.4 is 0 Å². The van der Waals surface area contributed by atoms with Crippen molar-refractivity contribution in [2.24, 2.45) is 7.05 Å². The summed E-state index contributed by atoms with van der Waals surface area (Å²) < 4.78 is 2.14. The average Bonchev–Trinajstić information content (AvgIpc) is 2.77. The first-order chi connectivity index (χ1) is 9.25. The number of nitrogens with zero attached hydrogens (tertiary/aromatic N) is 2. The van der Waals surface area contributed by atoms with Crippen molar-refractivity contribution < 1.29 is 0 Å². The second-order valence-electron chi connectivity index (χ2n) is 4.74. The molecular weight excluding hydrogens is 256 g/mol. The fourth-order valence-electron chi connectivity index (χ4n) is 2.81. The van der Waals surface area contributed by atoms with Crippen molar-refractivity contribution in [1.82, 2.24) is 9.55 Å². The van der Waals surface area contributed by atoms with Crippen molar-refractivity contribution >= 4 is 33.4 Å². The third-order valence-corrected chi connectivity index (χ3v) is 3.93. The molecule has 2 aromatic rings. The topological polar surface area (TPSA) is 17.8 Å². The van der Waals surface area contributed by atoms with Crippen LogP contribution in [0.1, 0.15) is 0 Å². The van der Waals surface area contributed by atoms with Gasteiger partial charge in [0.2, 0.25) is 0 Å². The predicted molar refractivity (Wildman–Crippen MR) is 79.9 cm³/mol. The zero-order valence-corrected chi connectivity index (χ0v) is 11.1. The first kappa shape index (κ1) is 10.8. The molecule has 0 spiro atoms. The van der Waals surface area contributed by atoms with Gasteiger partial charge in [0.1, 0.15) is 0 Å². The maximum Gasteiger partial charge on any atom is 0.0887 e. The fraction of sp³-hybridized carbons (Fsp3) is 0.0625. The van der Waals surface area contributed by atoms with E-state index in [1.807, 2.05) is 37.4 Å². The second-order valence-corrected chi connectivity index (χ2v) is 5.15. The molecule has 0 atom stereocenters. The van der Waals surface area contributed by atoms with Crippen molar-refractivity contribution in [3.05, 3.63) is 53.6 Å². The van der Waals surface area contributed by atoms with Gasteiger partial charge in [0.15, 0.2) is 0 Å². The molecule has 0 unspecified atom stereocenters. The van der Waals surface area contributed by atoms with Gasteiger partial charge in [0.25, 0.3) is 0 Å². The van der Waals surface area contributed by atoms with E-state index in [0.717, 1.165) is 32.8 Å². The Morgan fingerprint density at radius 1 is 1.05 bits per heavy atom. The molecule has 92 valence electrons. The van der Waals surface area contributed by atoms with Gasteiger partial charge in [-0.1, -0.05) is 41.9 Å². The molecule has 2 aliphatic rings. The monoisotopic (exact) mass is 266 g/mol. The number of rotatable bonds is 0. The van der Waals surface area contributed by atoms with E-state index >= 15 is 0 Å². The van der Waals surface area contributed by atoms with Crippen molar-refractivity contribution in [2.45, 2.75) is 0 Å². The number of hydrogen-bond donors (Lipinski definition) is 0. The highest BCUT2D eigenvalue weighted by atomic mass is 35.5. The van der Waals surface area contributed by atoms with Gasteiger partial charge in [0, 0.05) is 17.8 Å². The number of aromatic nitrogens is 2. The van der Waals surface area contributed by atoms with E-state index in [1.165, 1.54) is 5.39 Å². The van der Waals surface area contributed by atoms with Crippen LogP contribution in [-0.4, -0.2) is 9.55 Å². The molecule has 0 saturated heterocycles. The normalized spacial score (nSPS) is 11.7. The van der Waals surface area contributed by atoms with Gasteiger partial charge in [-0.3, -0.25) is 0 Å². The number of para-hydroxylation sites is 2. The SMILES string of the molecule is Cn1c2c3ccccc3nc-2cc2cccc(Cl)c21. The van der Waals surface area contributed by atoms with Gasteiger partial charge in [0.05, 0.1) is 27.4 Å². The number of hydrogen-bond acceptors (Lipinski definition) is 1. The quantitative estimate of drug-likeness (QED) is 0.459. The largest absolute Gasteiger partial charge is 0.341 e. The summed E-state index contributed by atoms with van der Waals surface area (Å²) in [6, 6.07) is 16.3. The van der Waals surface area contributed by atoms with Crippen LogP contribution >= 0.6 is 11.6 Å². The lowest BCUT2D eigenvalue weighted by molar-refractivity contribution is 0.967. The lowest BCUT2D eigenvalue weighted by Crippen LogP contribution is -1.99. The molecule has 0 aromatic heterocycles. The van der Waals surface area contributed by atoms with Crippen molar-refractivity contribution in [3.63, 3.8) is 0 Å². The highest BCUT2D eigenvalue weighted by molar-refractivity contribution is 6.35. The zero-order valence-electron chi connectivity index (χ0n) is 10.4. The Hall–Kier alpha value is -2.06. The summed E-state index contributed by atoms with van der Waals surface area (Å²) in [6.45, 7) is 0. The first-order valence-corrected chi connectivity index (χ1v) is 6.56. The minimum absolute atomic E-state index is 0.771. The number of aryl methyl sites for hydroxylation is 1. The molecule has 0 bridgehead atoms. The van der Waals surface area contributed by atoms with E-state index in [9.17, 15) is 0 Å². The Kier molecular flexibility index (Phi) is 2.12. The van der Waals surface area contributed by atoms with E-state index in [4.69, 9.17) is 16.6 Å². The molecule has 2 aliphatic heterocycles. The fourth-order valence-corrected chi connectivity index (χ4v) is 3.12. The molecule has 2 nitrogen and oxygen atoms in total. The molecule has 4 rings (SSSR count). The molecular formula is C16H11ClN2. The van der Waals surface area contributed by atoms with Crippen LogP contribution in [-0.2, 0) is 7.05 Å². The van der Waals surface area contributed by atoms with Crippen LogP contribution in [0.2, 0.25) is 5.02 Å². The molecule has 19 heavy (non-hydrogen) atoms. The maximum absolute atomic E-state index is 6.34. The summed E-state index contributed by atoms with van der Waals surface area (Å²) >= 11 is 6.34. The van der Waals surface area contributed by atoms with Crippen LogP contribution in [0.4, 0.5) is 0 Å². The van der Waals surface area contributed by atoms with Gasteiger partial charge >= 0.3 is 0 Å². The third-order valence-electron chi connectivity index (χ3n) is 3.62. The minimum Gasteiger partial charge on any atom is -0.341 e. The molecule has 0 aliphatic carbocycles. The van der Waals surface area contributed by atoms with Gasteiger partial charge in [-0.25, -0.2) is 4.98 Å². The number of benzene rings is 2. The molecule has 0 amide bonds. The lowest BCUT2D eigenvalue weighted by atomic mass is 10.1. The number of pyridine rings is 1. The molecule has 0 fully saturated rings. The molecule has 0 radical (unpaired) electrons. The lowest BCUT2D eigenvalue weighted by Gasteiger charge is -2.13. The Morgan fingerprint density at radius 2 is 1.89 bits per heavy atom. The third kappa shape index (κ3) is 1.41. The molecule has 2 aromatic carbocycles. The Morgan fingerprint density at radius 3 is 2.79 bits per heavy atom. The molecule has 0 saturated carbocycles. The number of halogens is 1. The van der Waals surface area contributed by atoms with Crippen LogP contribution in [0.25, 0.3) is 33.2 Å². The minimum atomic E-state index is 0.771. The van der Waals surface area contributed by atoms with Gasteiger partial charge in [-0.2, -0.15) is 0 Å². The van der Waals surface area contributed by atoms with Crippen LogP contribution in [0.3, 0.4) is 0 Å². The summed E-state index contributed by atoms with van der Waals surface area (Å²) in [6.07, 6.45) is 0. The molecule has 0 N–H and O–H groups in total. The highest BCUT2D eigenvalue weighted by Crippen LogP contribution is 2.35. The Labute approximate surface area is 115 Å². The highest BCUT2D eigenvalue weighted by Gasteiger charge is 2.16. The maximum atomic E-state index is 6.34. The van der Waals surface area contributed by atoms with Crippen molar-refractivity contribution in [3.8, 4) is 11.4 Å². The predicted octanol–water partition coefficient (Wildman–Crippen LogP) is 4.48. The van der Waals surface area contributed by atoms with Crippen molar-refractivity contribution in [1.29, 1.82) is 0 Å². The van der Waals surface area contributed by atoms with Gasteiger partial charge in [-0.15, -0.1) is 0 Å². The van der Waals surface area contributed by atoms with E-state index in [1.54, 1.807) is 0 Å². The van der Waals surface area contributed by atoms with E-state index in [-0.39, 0.29) is 0 Å². The second kappa shape index (κ2) is 3.72. The zero-order chi connectivity index (χ0) is 13.0. The standard InChI is InChI=1S/C16H11ClN2/c1-19-15-10(5-4-7-12(15)17)9-14-16(19)11-6-2-3-8-13(11)18-14/h2-9H,1H3. The Balaban J connectivity index is 2.32. The van der Waals surface area contributed by atoms with Crippen molar-refractivity contribution in [2.75, 3.05) is 0 Å². The summed E-state index contributed by atoms with van der Waals surface area (Å²) in [7, 11) is 2.05. The summed E-state index contributed by atoms with van der Waals surface area (Å²) in [5, 5.41) is 3.05. The van der Waals surface area contributed by atoms with Gasteiger partial charge < -0.3 is 4.57 Å². The molecule has 2 heterocycles. The van der Waals surface area contributed by atoms with E-state index in [2.05, 4.69) is 22.8 Å². The summed E-state index contributed by atoms with van der Waals surface area (Å²) in [4.78, 5) is 4.69. The summed E-state index contributed by atoms with van der Waals surface area (Å²) in [5.74, 6) is 0. The first-order valence-electron chi connectivity index (χ1n) is 6.18. The molecule has 3 heteroatoms. The average molecular weight is 267 g/mol. The number of fused-ring (bicyclic) bond motifs is 4. The van der Waals surface area contributed by atoms with E-state index < -0.39 is 0 Å². The summed E-state index contributed by atoms with van der Waals surface area (Å²) in [5.41, 5.74) is 4.23. The van der Waals surface area contributed by atoms with Gasteiger partial charge in [-0.05, 0) is 18.2 Å². The Bertz CT molecular complexity index is 892. The van der Waals surface area contributed by atoms with Crippen LogP contribution in [0, 0.1) is 0 Å². The van der Waals surface area contributed by atoms with E-state index in [0.29, 0.717) is 0 Å². The smallest absolute Gasteiger partial charge is 0.0887 e.